The molecule has 3 N–H and O–H groups in total. The molecule has 9 heteroatoms. The average Bonchev–Trinajstić information content (AvgIpc) is 2.44. The minimum atomic E-state index is -4.29. The fourth-order valence-electron chi connectivity index (χ4n) is 1.95. The Morgan fingerprint density at radius 2 is 2.00 bits per heavy atom. The summed E-state index contributed by atoms with van der Waals surface area (Å²) in [5.74, 6) is -2.17. The predicted octanol–water partition coefficient (Wildman–Crippen LogP) is -1.11. The van der Waals surface area contributed by atoms with E-state index in [0.717, 1.165) is 4.90 Å². The first-order chi connectivity index (χ1) is 9.78. The maximum Gasteiger partial charge on any atom is 0.283 e. The molecule has 1 aliphatic rings. The van der Waals surface area contributed by atoms with Crippen molar-refractivity contribution < 1.29 is 27.7 Å². The summed E-state index contributed by atoms with van der Waals surface area (Å²) in [5, 5.41) is 12.1. The van der Waals surface area contributed by atoms with E-state index < -0.39 is 40.0 Å². The third kappa shape index (κ3) is 3.78. The van der Waals surface area contributed by atoms with E-state index in [9.17, 15) is 23.1 Å². The average molecular weight is 314 g/mol. The van der Waals surface area contributed by atoms with Crippen molar-refractivity contribution in [2.45, 2.75) is 12.1 Å². The zero-order chi connectivity index (χ0) is 15.6. The summed E-state index contributed by atoms with van der Waals surface area (Å²) in [6, 6.07) is 7.30. The van der Waals surface area contributed by atoms with Gasteiger partial charge in [0.25, 0.3) is 16.0 Å². The quantitative estimate of drug-likeness (QED) is 0.468. The molecule has 1 aromatic carbocycles. The Balaban J connectivity index is 1.89. The van der Waals surface area contributed by atoms with Gasteiger partial charge in [-0.15, -0.1) is 0 Å². The first-order valence-electron chi connectivity index (χ1n) is 6.05. The van der Waals surface area contributed by atoms with E-state index >= 15 is 0 Å². The predicted molar refractivity (Wildman–Crippen MR) is 71.5 cm³/mol. The van der Waals surface area contributed by atoms with Crippen LogP contribution >= 0.6 is 0 Å². The number of carbonyl (C=O) groups is 2. The number of nitrogens with one attached hydrogen (secondary N) is 1. The number of hydrogen-bond acceptors (Lipinski definition) is 5. The van der Waals surface area contributed by atoms with Gasteiger partial charge in [-0.3, -0.25) is 14.1 Å². The minimum Gasteiger partial charge on any atom is -0.378 e. The van der Waals surface area contributed by atoms with Crippen LogP contribution in [0.15, 0.2) is 30.3 Å². The smallest absolute Gasteiger partial charge is 0.283 e. The second-order valence-electron chi connectivity index (χ2n) is 4.65. The number of benzene rings is 1. The normalized spacial score (nSPS) is 19.8. The molecule has 2 unspecified atom stereocenters. The molecule has 0 saturated carbocycles. The third-order valence-electron chi connectivity index (χ3n) is 3.01. The molecule has 0 aromatic heterocycles. The number of rotatable bonds is 5. The fraction of sp³-hybridized carbons (Fsp3) is 0.333. The van der Waals surface area contributed by atoms with Gasteiger partial charge in [0.1, 0.15) is 11.9 Å². The summed E-state index contributed by atoms with van der Waals surface area (Å²) < 4.78 is 29.9. The van der Waals surface area contributed by atoms with Crippen molar-refractivity contribution in [1.29, 1.82) is 0 Å². The van der Waals surface area contributed by atoms with Gasteiger partial charge < -0.3 is 15.3 Å². The Morgan fingerprint density at radius 1 is 1.38 bits per heavy atom. The zero-order valence-corrected chi connectivity index (χ0v) is 11.7. The van der Waals surface area contributed by atoms with E-state index in [-0.39, 0.29) is 6.54 Å². The van der Waals surface area contributed by atoms with Gasteiger partial charge in [-0.1, -0.05) is 30.3 Å². The van der Waals surface area contributed by atoms with Crippen molar-refractivity contribution in [1.82, 2.24) is 10.2 Å². The number of amides is 2. The summed E-state index contributed by atoms with van der Waals surface area (Å²) >= 11 is 0. The molecule has 0 radical (unpaired) electrons. The molecule has 114 valence electrons. The molecule has 1 fully saturated rings. The summed E-state index contributed by atoms with van der Waals surface area (Å²) in [4.78, 5) is 24.3. The SMILES string of the molecule is O=C(NC1CN(CS(=O)(=O)O)C1=O)C(O)c1ccccc1. The van der Waals surface area contributed by atoms with Crippen LogP contribution in [0.3, 0.4) is 0 Å². The summed E-state index contributed by atoms with van der Waals surface area (Å²) in [6.07, 6.45) is -1.41. The summed E-state index contributed by atoms with van der Waals surface area (Å²) in [6.45, 7) is -0.0358. The third-order valence-corrected chi connectivity index (χ3v) is 3.65. The maximum absolute atomic E-state index is 11.8. The van der Waals surface area contributed by atoms with Crippen LogP contribution in [0.4, 0.5) is 0 Å². The Morgan fingerprint density at radius 3 is 2.52 bits per heavy atom. The van der Waals surface area contributed by atoms with Gasteiger partial charge in [-0.2, -0.15) is 8.42 Å². The second kappa shape index (κ2) is 5.80. The minimum absolute atomic E-state index is 0.0358. The van der Waals surface area contributed by atoms with Gasteiger partial charge >= 0.3 is 0 Å². The van der Waals surface area contributed by atoms with Crippen molar-refractivity contribution in [3.63, 3.8) is 0 Å². The highest BCUT2D eigenvalue weighted by Crippen LogP contribution is 2.15. The van der Waals surface area contributed by atoms with Gasteiger partial charge in [0.05, 0.1) is 6.54 Å². The lowest BCUT2D eigenvalue weighted by Gasteiger charge is -2.37. The molecular formula is C12H14N2O6S. The van der Waals surface area contributed by atoms with Gasteiger partial charge in [0.2, 0.25) is 5.91 Å². The van der Waals surface area contributed by atoms with Gasteiger partial charge in [-0.25, -0.2) is 0 Å². The van der Waals surface area contributed by atoms with Crippen molar-refractivity contribution in [2.24, 2.45) is 0 Å². The number of aliphatic hydroxyl groups excluding tert-OH is 1. The molecule has 1 saturated heterocycles. The van der Waals surface area contributed by atoms with Crippen LogP contribution in [0, 0.1) is 0 Å². The molecule has 21 heavy (non-hydrogen) atoms. The fourth-order valence-corrected chi connectivity index (χ4v) is 2.58. The molecular weight excluding hydrogens is 300 g/mol. The van der Waals surface area contributed by atoms with Crippen LogP contribution in [-0.4, -0.2) is 53.3 Å². The molecule has 2 rings (SSSR count). The highest BCUT2D eigenvalue weighted by atomic mass is 32.2. The number of aliphatic hydroxyl groups is 1. The molecule has 2 atom stereocenters. The number of nitrogens with zero attached hydrogens (tertiary/aromatic N) is 1. The number of β-lactam (4-membered cyclic amide) rings is 1. The van der Waals surface area contributed by atoms with Crippen molar-refractivity contribution in [2.75, 3.05) is 12.4 Å². The Hall–Kier alpha value is -1.97. The first kappa shape index (κ1) is 15.4. The highest BCUT2D eigenvalue weighted by molar-refractivity contribution is 7.85. The number of carbonyl (C=O) groups excluding carboxylic acids is 2. The topological polar surface area (TPSA) is 124 Å². The molecule has 0 bridgehead atoms. The van der Waals surface area contributed by atoms with E-state index in [4.69, 9.17) is 4.55 Å². The van der Waals surface area contributed by atoms with Gasteiger partial charge in [0.15, 0.2) is 6.10 Å². The van der Waals surface area contributed by atoms with Crippen LogP contribution in [-0.2, 0) is 19.7 Å². The molecule has 8 nitrogen and oxygen atoms in total. The summed E-state index contributed by atoms with van der Waals surface area (Å²) in [7, 11) is -4.29. The molecule has 0 aliphatic carbocycles. The zero-order valence-electron chi connectivity index (χ0n) is 10.8. The Bertz CT molecular complexity index is 645. The lowest BCUT2D eigenvalue weighted by Crippen LogP contribution is -2.65. The number of likely N-dealkylation sites (tertiary alicyclic amines) is 1. The van der Waals surface area contributed by atoms with Gasteiger partial charge in [-0.05, 0) is 5.56 Å². The van der Waals surface area contributed by atoms with Gasteiger partial charge in [0, 0.05) is 0 Å². The maximum atomic E-state index is 11.8. The van der Waals surface area contributed by atoms with E-state index in [1.54, 1.807) is 30.3 Å². The summed E-state index contributed by atoms with van der Waals surface area (Å²) in [5.41, 5.74) is 0.386. The van der Waals surface area contributed by atoms with Crippen LogP contribution in [0.2, 0.25) is 0 Å². The van der Waals surface area contributed by atoms with E-state index in [2.05, 4.69) is 5.32 Å². The van der Waals surface area contributed by atoms with Crippen LogP contribution in [0.25, 0.3) is 0 Å². The molecule has 1 aliphatic heterocycles. The van der Waals surface area contributed by atoms with E-state index in [1.165, 1.54) is 0 Å². The molecule has 0 spiro atoms. The highest BCUT2D eigenvalue weighted by Gasteiger charge is 2.40. The van der Waals surface area contributed by atoms with Crippen LogP contribution in [0.1, 0.15) is 11.7 Å². The first-order valence-corrected chi connectivity index (χ1v) is 7.66. The lowest BCUT2D eigenvalue weighted by molar-refractivity contribution is -0.147. The number of hydrogen-bond donors (Lipinski definition) is 3. The molecule has 1 heterocycles. The van der Waals surface area contributed by atoms with E-state index in [1.807, 2.05) is 0 Å². The Labute approximate surface area is 121 Å². The van der Waals surface area contributed by atoms with Crippen molar-refractivity contribution in [3.05, 3.63) is 35.9 Å². The Kier molecular flexibility index (Phi) is 4.26. The molecule has 1 aromatic rings. The van der Waals surface area contributed by atoms with Crippen molar-refractivity contribution >= 4 is 21.9 Å². The monoisotopic (exact) mass is 314 g/mol. The standard InChI is InChI=1S/C12H14N2O6S/c15-10(8-4-2-1-3-5-8)11(16)13-9-6-14(12(9)17)7-21(18,19)20/h1-5,9-10,15H,6-7H2,(H,13,16)(H,18,19,20). The largest absolute Gasteiger partial charge is 0.378 e. The lowest BCUT2D eigenvalue weighted by atomic mass is 10.1. The van der Waals surface area contributed by atoms with Crippen LogP contribution in [0.5, 0.6) is 0 Å². The van der Waals surface area contributed by atoms with E-state index in [0.29, 0.717) is 5.56 Å². The molecule has 2 amide bonds. The van der Waals surface area contributed by atoms with Crippen molar-refractivity contribution in [3.8, 4) is 0 Å². The van der Waals surface area contributed by atoms with Crippen LogP contribution < -0.4 is 5.32 Å². The second-order valence-corrected chi connectivity index (χ2v) is 6.07.